The molecular weight excluding hydrogens is 188 g/mol. The molecule has 1 fully saturated rings. The molecule has 0 N–H and O–H groups in total. The summed E-state index contributed by atoms with van der Waals surface area (Å²) in [5, 5.41) is 0. The summed E-state index contributed by atoms with van der Waals surface area (Å²) in [5.41, 5.74) is 0. The highest BCUT2D eigenvalue weighted by molar-refractivity contribution is 4.59. The van der Waals surface area contributed by atoms with Gasteiger partial charge in [0.25, 0.3) is 0 Å². The Morgan fingerprint density at radius 1 is 1.07 bits per heavy atom. The number of ether oxygens (including phenoxy) is 2. The SMILES string of the molecule is CCCCCCCC[C@@H]1OCC[C@H](C)O1. The molecule has 0 aromatic carbocycles. The molecule has 2 nitrogen and oxygen atoms in total. The maximum absolute atomic E-state index is 5.69. The zero-order chi connectivity index (χ0) is 10.9. The molecule has 0 amide bonds. The van der Waals surface area contributed by atoms with Crippen LogP contribution in [0.25, 0.3) is 0 Å². The molecule has 90 valence electrons. The predicted molar refractivity (Wildman–Crippen MR) is 62.9 cm³/mol. The van der Waals surface area contributed by atoms with E-state index in [1.807, 2.05) is 0 Å². The molecule has 2 atom stereocenters. The standard InChI is InChI=1S/C13H26O2/c1-3-4-5-6-7-8-9-13-14-11-10-12(2)15-13/h12-13H,3-11H2,1-2H3/t12-,13+/m0/s1. The van der Waals surface area contributed by atoms with Gasteiger partial charge in [0.2, 0.25) is 0 Å². The van der Waals surface area contributed by atoms with Gasteiger partial charge in [-0.25, -0.2) is 0 Å². The average Bonchev–Trinajstić information content (AvgIpc) is 2.23. The molecule has 0 radical (unpaired) electrons. The van der Waals surface area contributed by atoms with E-state index in [0.29, 0.717) is 6.10 Å². The Hall–Kier alpha value is -0.0800. The van der Waals surface area contributed by atoms with Gasteiger partial charge < -0.3 is 9.47 Å². The molecule has 1 aliphatic heterocycles. The second kappa shape index (κ2) is 8.12. The minimum atomic E-state index is 0.0833. The van der Waals surface area contributed by atoms with Crippen molar-refractivity contribution in [2.45, 2.75) is 77.6 Å². The van der Waals surface area contributed by atoms with E-state index in [1.54, 1.807) is 0 Å². The monoisotopic (exact) mass is 214 g/mol. The lowest BCUT2D eigenvalue weighted by Crippen LogP contribution is -2.30. The van der Waals surface area contributed by atoms with Gasteiger partial charge in [-0.2, -0.15) is 0 Å². The Morgan fingerprint density at radius 2 is 1.80 bits per heavy atom. The summed E-state index contributed by atoms with van der Waals surface area (Å²) in [7, 11) is 0. The van der Waals surface area contributed by atoms with Crippen molar-refractivity contribution in [3.8, 4) is 0 Å². The molecule has 15 heavy (non-hydrogen) atoms. The topological polar surface area (TPSA) is 18.5 Å². The van der Waals surface area contributed by atoms with Crippen LogP contribution in [0.5, 0.6) is 0 Å². The van der Waals surface area contributed by atoms with E-state index < -0.39 is 0 Å². The first-order chi connectivity index (χ1) is 7.33. The largest absolute Gasteiger partial charge is 0.353 e. The first-order valence-electron chi connectivity index (χ1n) is 6.60. The van der Waals surface area contributed by atoms with Gasteiger partial charge in [-0.3, -0.25) is 0 Å². The molecule has 1 saturated heterocycles. The van der Waals surface area contributed by atoms with Crippen LogP contribution in [0.3, 0.4) is 0 Å². The van der Waals surface area contributed by atoms with E-state index in [9.17, 15) is 0 Å². The van der Waals surface area contributed by atoms with Crippen LogP contribution in [-0.2, 0) is 9.47 Å². The van der Waals surface area contributed by atoms with Gasteiger partial charge in [0.1, 0.15) is 0 Å². The molecule has 0 saturated carbocycles. The van der Waals surface area contributed by atoms with Gasteiger partial charge in [-0.1, -0.05) is 39.0 Å². The zero-order valence-corrected chi connectivity index (χ0v) is 10.3. The molecule has 0 bridgehead atoms. The minimum Gasteiger partial charge on any atom is -0.353 e. The summed E-state index contributed by atoms with van der Waals surface area (Å²) in [6.45, 7) is 5.27. The molecular formula is C13H26O2. The third-order valence-electron chi connectivity index (χ3n) is 3.01. The first kappa shape index (κ1) is 13.0. The quantitative estimate of drug-likeness (QED) is 0.599. The van der Waals surface area contributed by atoms with Crippen LogP contribution in [0.4, 0.5) is 0 Å². The summed E-state index contributed by atoms with van der Waals surface area (Å²) in [6.07, 6.45) is 10.7. The lowest BCUT2D eigenvalue weighted by atomic mass is 10.1. The van der Waals surface area contributed by atoms with Gasteiger partial charge in [-0.05, 0) is 26.2 Å². The zero-order valence-electron chi connectivity index (χ0n) is 10.3. The highest BCUT2D eigenvalue weighted by Gasteiger charge is 2.18. The number of hydrogen-bond acceptors (Lipinski definition) is 2. The highest BCUT2D eigenvalue weighted by atomic mass is 16.7. The smallest absolute Gasteiger partial charge is 0.157 e. The molecule has 1 aliphatic rings. The molecule has 1 rings (SSSR count). The summed E-state index contributed by atoms with van der Waals surface area (Å²) in [4.78, 5) is 0. The van der Waals surface area contributed by atoms with Crippen molar-refractivity contribution in [1.82, 2.24) is 0 Å². The van der Waals surface area contributed by atoms with E-state index in [0.717, 1.165) is 19.4 Å². The highest BCUT2D eigenvalue weighted by Crippen LogP contribution is 2.17. The van der Waals surface area contributed by atoms with Crippen molar-refractivity contribution in [3.05, 3.63) is 0 Å². The van der Waals surface area contributed by atoms with Crippen molar-refractivity contribution in [2.24, 2.45) is 0 Å². The van der Waals surface area contributed by atoms with Crippen molar-refractivity contribution < 1.29 is 9.47 Å². The van der Waals surface area contributed by atoms with E-state index in [2.05, 4.69) is 13.8 Å². The van der Waals surface area contributed by atoms with Crippen LogP contribution in [-0.4, -0.2) is 19.0 Å². The molecule has 0 aromatic rings. The molecule has 0 spiro atoms. The molecule has 1 heterocycles. The lowest BCUT2D eigenvalue weighted by Gasteiger charge is -2.28. The predicted octanol–water partition coefficient (Wildman–Crippen LogP) is 3.89. The summed E-state index contributed by atoms with van der Waals surface area (Å²) in [5.74, 6) is 0. The maximum Gasteiger partial charge on any atom is 0.157 e. The fourth-order valence-electron chi connectivity index (χ4n) is 1.97. The van der Waals surface area contributed by atoms with Crippen LogP contribution >= 0.6 is 0 Å². The van der Waals surface area contributed by atoms with Crippen molar-refractivity contribution >= 4 is 0 Å². The molecule has 0 aliphatic carbocycles. The van der Waals surface area contributed by atoms with Crippen LogP contribution < -0.4 is 0 Å². The van der Waals surface area contributed by atoms with Gasteiger partial charge in [0.15, 0.2) is 6.29 Å². The van der Waals surface area contributed by atoms with Crippen LogP contribution in [0.2, 0.25) is 0 Å². The summed E-state index contributed by atoms with van der Waals surface area (Å²) >= 11 is 0. The molecule has 0 unspecified atom stereocenters. The van der Waals surface area contributed by atoms with Crippen LogP contribution in [0, 0.1) is 0 Å². The van der Waals surface area contributed by atoms with Crippen LogP contribution in [0.1, 0.15) is 65.2 Å². The number of rotatable bonds is 7. The Kier molecular flexibility index (Phi) is 7.03. The average molecular weight is 214 g/mol. The fraction of sp³-hybridized carbons (Fsp3) is 1.00. The number of hydrogen-bond donors (Lipinski definition) is 0. The first-order valence-corrected chi connectivity index (χ1v) is 6.60. The van der Waals surface area contributed by atoms with Gasteiger partial charge in [0, 0.05) is 0 Å². The van der Waals surface area contributed by atoms with Crippen molar-refractivity contribution in [2.75, 3.05) is 6.61 Å². The van der Waals surface area contributed by atoms with Crippen molar-refractivity contribution in [1.29, 1.82) is 0 Å². The normalized spacial score (nSPS) is 26.8. The molecule has 2 heteroatoms. The Labute approximate surface area is 94.3 Å². The second-order valence-electron chi connectivity index (χ2n) is 4.59. The number of unbranched alkanes of at least 4 members (excludes halogenated alkanes) is 5. The lowest BCUT2D eigenvalue weighted by molar-refractivity contribution is -0.210. The second-order valence-corrected chi connectivity index (χ2v) is 4.59. The fourth-order valence-corrected chi connectivity index (χ4v) is 1.97. The van der Waals surface area contributed by atoms with Crippen LogP contribution in [0.15, 0.2) is 0 Å². The van der Waals surface area contributed by atoms with E-state index >= 15 is 0 Å². The minimum absolute atomic E-state index is 0.0833. The third kappa shape index (κ3) is 6.16. The summed E-state index contributed by atoms with van der Waals surface area (Å²) in [6, 6.07) is 0. The Morgan fingerprint density at radius 3 is 2.53 bits per heavy atom. The van der Waals surface area contributed by atoms with E-state index in [4.69, 9.17) is 9.47 Å². The Bertz CT molecular complexity index is 147. The summed E-state index contributed by atoms with van der Waals surface area (Å²) < 4.78 is 11.2. The third-order valence-corrected chi connectivity index (χ3v) is 3.01. The van der Waals surface area contributed by atoms with Gasteiger partial charge >= 0.3 is 0 Å². The molecule has 0 aromatic heterocycles. The van der Waals surface area contributed by atoms with E-state index in [-0.39, 0.29) is 6.29 Å². The maximum atomic E-state index is 5.69. The Balaban J connectivity index is 1.90. The van der Waals surface area contributed by atoms with E-state index in [1.165, 1.54) is 38.5 Å². The van der Waals surface area contributed by atoms with Gasteiger partial charge in [0.05, 0.1) is 12.7 Å². The van der Waals surface area contributed by atoms with Gasteiger partial charge in [-0.15, -0.1) is 0 Å². The van der Waals surface area contributed by atoms with Crippen molar-refractivity contribution in [3.63, 3.8) is 0 Å².